The summed E-state index contributed by atoms with van der Waals surface area (Å²) in [5.74, 6) is -1.78. The minimum Gasteiger partial charge on any atom is -0.435 e. The molecule has 2 aromatic rings. The number of rotatable bonds is 3. The molecule has 0 atom stereocenters. The fraction of sp³-hybridized carbons (Fsp3) is 0.0909. The van der Waals surface area contributed by atoms with Gasteiger partial charge in [0.25, 0.3) is 5.88 Å². The van der Waals surface area contributed by atoms with Crippen LogP contribution in [0, 0.1) is 11.6 Å². The Kier molecular flexibility index (Phi) is 3.71. The normalized spacial score (nSPS) is 10.2. The van der Waals surface area contributed by atoms with Crippen molar-refractivity contribution in [3.63, 3.8) is 0 Å². The van der Waals surface area contributed by atoms with Crippen LogP contribution in [-0.2, 0) is 0 Å². The number of hydrogen-bond donors (Lipinski definition) is 1. The molecule has 0 amide bonds. The Bertz CT molecular complexity index is 580. The van der Waals surface area contributed by atoms with Crippen LogP contribution in [0.2, 0.25) is 0 Å². The van der Waals surface area contributed by atoms with E-state index in [4.69, 9.17) is 4.74 Å². The number of aromatic nitrogens is 2. The Balaban J connectivity index is 2.34. The predicted molar refractivity (Wildman–Crippen MR) is 65.7 cm³/mol. The summed E-state index contributed by atoms with van der Waals surface area (Å²) in [5, 5.41) is 2.50. The molecule has 2 heterocycles. The fourth-order valence-corrected chi connectivity index (χ4v) is 1.60. The van der Waals surface area contributed by atoms with Crippen LogP contribution in [0.25, 0.3) is 0 Å². The molecule has 0 unspecified atom stereocenters. The highest BCUT2D eigenvalue weighted by Crippen LogP contribution is 2.26. The lowest BCUT2D eigenvalue weighted by Crippen LogP contribution is -2.01. The zero-order valence-corrected chi connectivity index (χ0v) is 10.8. The van der Waals surface area contributed by atoms with Gasteiger partial charge in [-0.25, -0.2) is 8.78 Å². The summed E-state index contributed by atoms with van der Waals surface area (Å²) in [6.45, 7) is 0. The topological polar surface area (TPSA) is 47.0 Å². The lowest BCUT2D eigenvalue weighted by molar-refractivity contribution is 0.416. The van der Waals surface area contributed by atoms with E-state index in [2.05, 4.69) is 31.2 Å². The van der Waals surface area contributed by atoms with Crippen LogP contribution in [0.1, 0.15) is 0 Å². The Morgan fingerprint density at radius 2 is 2.00 bits per heavy atom. The predicted octanol–water partition coefficient (Wildman–Crippen LogP) is 3.35. The third-order valence-corrected chi connectivity index (χ3v) is 2.46. The van der Waals surface area contributed by atoms with Gasteiger partial charge in [-0.15, -0.1) is 0 Å². The van der Waals surface area contributed by atoms with Gasteiger partial charge in [-0.1, -0.05) is 0 Å². The molecule has 0 aromatic carbocycles. The van der Waals surface area contributed by atoms with Crippen molar-refractivity contribution in [2.45, 2.75) is 0 Å². The summed E-state index contributed by atoms with van der Waals surface area (Å²) in [6.07, 6.45) is 2.95. The number of pyridine rings is 2. The molecule has 2 rings (SSSR count). The van der Waals surface area contributed by atoms with Crippen molar-refractivity contribution in [3.05, 3.63) is 40.6 Å². The molecule has 1 N–H and O–H groups in total. The van der Waals surface area contributed by atoms with Crippen LogP contribution in [0.5, 0.6) is 11.6 Å². The molecule has 0 aliphatic carbocycles. The van der Waals surface area contributed by atoms with Crippen molar-refractivity contribution in [1.82, 2.24) is 9.97 Å². The average Bonchev–Trinajstić information content (AvgIpc) is 2.33. The van der Waals surface area contributed by atoms with Gasteiger partial charge in [0, 0.05) is 23.8 Å². The van der Waals surface area contributed by atoms with Crippen LogP contribution in [0.3, 0.4) is 0 Å². The van der Waals surface area contributed by atoms with Gasteiger partial charge in [0.05, 0.1) is 6.20 Å². The van der Waals surface area contributed by atoms with Gasteiger partial charge in [0.1, 0.15) is 5.75 Å². The molecule has 0 aliphatic heterocycles. The Hall–Kier alpha value is -1.76. The number of ether oxygens (including phenoxy) is 1. The van der Waals surface area contributed by atoms with E-state index in [1.165, 1.54) is 13.2 Å². The first-order chi connectivity index (χ1) is 8.60. The van der Waals surface area contributed by atoms with Crippen LogP contribution >= 0.6 is 15.9 Å². The molecule has 0 aliphatic rings. The highest BCUT2D eigenvalue weighted by molar-refractivity contribution is 9.10. The monoisotopic (exact) mass is 315 g/mol. The zero-order valence-electron chi connectivity index (χ0n) is 9.25. The minimum absolute atomic E-state index is 0.0886. The van der Waals surface area contributed by atoms with Gasteiger partial charge in [-0.05, 0) is 22.0 Å². The van der Waals surface area contributed by atoms with Crippen molar-refractivity contribution in [3.8, 4) is 11.6 Å². The van der Waals surface area contributed by atoms with Gasteiger partial charge in [0.2, 0.25) is 0 Å². The van der Waals surface area contributed by atoms with E-state index in [1.54, 1.807) is 12.3 Å². The summed E-state index contributed by atoms with van der Waals surface area (Å²) < 4.78 is 32.5. The molecule has 18 heavy (non-hydrogen) atoms. The summed E-state index contributed by atoms with van der Waals surface area (Å²) in [4.78, 5) is 7.55. The maximum atomic E-state index is 13.5. The molecule has 0 fully saturated rings. The zero-order chi connectivity index (χ0) is 13.1. The molecular formula is C11H8BrF2N3O. The third kappa shape index (κ3) is 2.73. The number of nitrogens with one attached hydrogen (secondary N) is 1. The van der Waals surface area contributed by atoms with E-state index in [9.17, 15) is 8.78 Å². The smallest absolute Gasteiger partial charge is 0.258 e. The Labute approximate surface area is 110 Å². The molecule has 7 heteroatoms. The van der Waals surface area contributed by atoms with Crippen molar-refractivity contribution in [2.75, 3.05) is 12.4 Å². The van der Waals surface area contributed by atoms with Gasteiger partial charge >= 0.3 is 0 Å². The summed E-state index contributed by atoms with van der Waals surface area (Å²) in [6, 6.07) is 2.30. The molecule has 0 bridgehead atoms. The molecule has 94 valence electrons. The minimum atomic E-state index is -0.883. The number of nitrogens with zero attached hydrogens (tertiary/aromatic N) is 2. The van der Waals surface area contributed by atoms with Crippen molar-refractivity contribution in [1.29, 1.82) is 0 Å². The standard InChI is InChI=1S/C11H8BrF2N3O/c1-15-10-8(13)3-9(14)11(17-10)18-7-2-6(12)4-16-5-7/h2-5H,1H3,(H,15,17). The highest BCUT2D eigenvalue weighted by atomic mass is 79.9. The SMILES string of the molecule is CNc1nc(Oc2cncc(Br)c2)c(F)cc1F. The third-order valence-electron chi connectivity index (χ3n) is 2.03. The molecule has 0 radical (unpaired) electrons. The largest absolute Gasteiger partial charge is 0.435 e. The number of hydrogen-bond acceptors (Lipinski definition) is 4. The van der Waals surface area contributed by atoms with Crippen molar-refractivity contribution >= 4 is 21.7 Å². The van der Waals surface area contributed by atoms with Gasteiger partial charge in [-0.2, -0.15) is 4.98 Å². The van der Waals surface area contributed by atoms with E-state index in [0.29, 0.717) is 16.3 Å². The van der Waals surface area contributed by atoms with E-state index in [-0.39, 0.29) is 11.7 Å². The lowest BCUT2D eigenvalue weighted by atomic mass is 10.4. The van der Waals surface area contributed by atoms with Crippen LogP contribution in [-0.4, -0.2) is 17.0 Å². The molecule has 0 spiro atoms. The Morgan fingerprint density at radius 3 is 2.67 bits per heavy atom. The average molecular weight is 316 g/mol. The number of anilines is 1. The second kappa shape index (κ2) is 5.26. The molecule has 0 saturated heterocycles. The quantitative estimate of drug-likeness (QED) is 0.943. The maximum absolute atomic E-state index is 13.5. The summed E-state index contributed by atoms with van der Waals surface area (Å²) in [5.41, 5.74) is 0. The fourth-order valence-electron chi connectivity index (χ4n) is 1.26. The Morgan fingerprint density at radius 1 is 1.22 bits per heavy atom. The first kappa shape index (κ1) is 12.7. The molecule has 4 nitrogen and oxygen atoms in total. The van der Waals surface area contributed by atoms with E-state index < -0.39 is 11.6 Å². The molecule has 0 saturated carbocycles. The second-order valence-electron chi connectivity index (χ2n) is 3.30. The van der Waals surface area contributed by atoms with Crippen LogP contribution in [0.4, 0.5) is 14.6 Å². The summed E-state index contributed by atoms with van der Waals surface area (Å²) in [7, 11) is 1.48. The molecular weight excluding hydrogens is 308 g/mol. The first-order valence-corrected chi connectivity index (χ1v) is 5.71. The first-order valence-electron chi connectivity index (χ1n) is 4.92. The molecule has 2 aromatic heterocycles. The van der Waals surface area contributed by atoms with Crippen LogP contribution < -0.4 is 10.1 Å². The number of halogens is 3. The van der Waals surface area contributed by atoms with E-state index in [1.807, 2.05) is 0 Å². The van der Waals surface area contributed by atoms with Gasteiger partial charge in [-0.3, -0.25) is 4.98 Å². The van der Waals surface area contributed by atoms with Crippen LogP contribution in [0.15, 0.2) is 29.0 Å². The van der Waals surface area contributed by atoms with Crippen molar-refractivity contribution in [2.24, 2.45) is 0 Å². The van der Waals surface area contributed by atoms with Gasteiger partial charge in [0.15, 0.2) is 17.5 Å². The summed E-state index contributed by atoms with van der Waals surface area (Å²) >= 11 is 3.20. The van der Waals surface area contributed by atoms with E-state index in [0.717, 1.165) is 0 Å². The van der Waals surface area contributed by atoms with E-state index >= 15 is 0 Å². The maximum Gasteiger partial charge on any atom is 0.258 e. The lowest BCUT2D eigenvalue weighted by Gasteiger charge is -2.08. The van der Waals surface area contributed by atoms with Gasteiger partial charge < -0.3 is 10.1 Å². The second-order valence-corrected chi connectivity index (χ2v) is 4.21. The highest BCUT2D eigenvalue weighted by Gasteiger charge is 2.13. The van der Waals surface area contributed by atoms with Crippen molar-refractivity contribution < 1.29 is 13.5 Å².